The van der Waals surface area contributed by atoms with E-state index in [9.17, 15) is 4.79 Å². The lowest BCUT2D eigenvalue weighted by Crippen LogP contribution is -2.28. The van der Waals surface area contributed by atoms with Crippen LogP contribution in [0.25, 0.3) is 0 Å². The maximum Gasteiger partial charge on any atom is 0.269 e. The van der Waals surface area contributed by atoms with Crippen molar-refractivity contribution in [2.24, 2.45) is 5.73 Å². The van der Waals surface area contributed by atoms with Crippen molar-refractivity contribution in [3.05, 3.63) is 0 Å². The third-order valence-electron chi connectivity index (χ3n) is 1.12. The fourth-order valence-corrected chi connectivity index (χ4v) is 0.610. The Hall–Kier alpha value is -0.730. The summed E-state index contributed by atoms with van der Waals surface area (Å²) in [5.74, 6) is -0.460. The maximum atomic E-state index is 10.8. The molecule has 84 valence electrons. The van der Waals surface area contributed by atoms with Crippen LogP contribution in [0.4, 0.5) is 0 Å². The first-order valence-corrected chi connectivity index (χ1v) is 4.18. The highest BCUT2D eigenvalue weighted by Crippen LogP contribution is 1.78. The molecule has 0 saturated heterocycles. The number of nitrogens with one attached hydrogen (secondary N) is 1. The minimum Gasteiger partial charge on any atom is -0.378 e. The van der Waals surface area contributed by atoms with Gasteiger partial charge in [0.1, 0.15) is 6.61 Å². The first kappa shape index (κ1) is 13.3. The lowest BCUT2D eigenvalue weighted by molar-refractivity contribution is -0.146. The molecule has 0 aromatic rings. The number of ether oxygens (including phenoxy) is 2. The van der Waals surface area contributed by atoms with Crippen LogP contribution >= 0.6 is 0 Å². The molecule has 14 heavy (non-hydrogen) atoms. The van der Waals surface area contributed by atoms with Gasteiger partial charge in [-0.1, -0.05) is 0 Å². The van der Waals surface area contributed by atoms with E-state index in [4.69, 9.17) is 20.3 Å². The molecule has 1 amide bonds. The van der Waals surface area contributed by atoms with Crippen LogP contribution in [0, 0.1) is 0 Å². The van der Waals surface area contributed by atoms with Gasteiger partial charge < -0.3 is 20.3 Å². The average Bonchev–Trinajstić information content (AvgIpc) is 2.20. The molecular formula is C7H16N2O5. The van der Waals surface area contributed by atoms with Crippen molar-refractivity contribution in [1.82, 2.24) is 5.48 Å². The second kappa shape index (κ2) is 10.4. The molecule has 0 aliphatic rings. The summed E-state index contributed by atoms with van der Waals surface area (Å²) in [5.41, 5.74) is 7.14. The summed E-state index contributed by atoms with van der Waals surface area (Å²) in [4.78, 5) is 15.0. The summed E-state index contributed by atoms with van der Waals surface area (Å²) in [6.45, 7) is 0.948. The van der Waals surface area contributed by atoms with Crippen molar-refractivity contribution in [1.29, 1.82) is 0 Å². The number of amides is 1. The molecular weight excluding hydrogens is 192 g/mol. The predicted octanol–water partition coefficient (Wildman–Crippen LogP) is -2.02. The van der Waals surface area contributed by atoms with Crippen molar-refractivity contribution in [3.8, 4) is 0 Å². The summed E-state index contributed by atoms with van der Waals surface area (Å²) < 4.78 is 9.89. The van der Waals surface area contributed by atoms with E-state index in [1.165, 1.54) is 0 Å². The van der Waals surface area contributed by atoms with Crippen LogP contribution in [-0.4, -0.2) is 50.8 Å². The number of aliphatic hydroxyl groups is 1. The number of rotatable bonds is 9. The van der Waals surface area contributed by atoms with Gasteiger partial charge in [-0.3, -0.25) is 4.79 Å². The third kappa shape index (κ3) is 9.36. The van der Waals surface area contributed by atoms with Crippen LogP contribution in [-0.2, 0) is 19.1 Å². The van der Waals surface area contributed by atoms with Crippen LogP contribution in [0.15, 0.2) is 0 Å². The van der Waals surface area contributed by atoms with E-state index < -0.39 is 12.7 Å². The van der Waals surface area contributed by atoms with Gasteiger partial charge in [0, 0.05) is 6.54 Å². The molecule has 0 aromatic heterocycles. The van der Waals surface area contributed by atoms with Gasteiger partial charge in [0.2, 0.25) is 0 Å². The van der Waals surface area contributed by atoms with Gasteiger partial charge in [0.05, 0.1) is 19.8 Å². The highest BCUT2D eigenvalue weighted by Gasteiger charge is 1.99. The van der Waals surface area contributed by atoms with Gasteiger partial charge in [0.15, 0.2) is 6.79 Å². The van der Waals surface area contributed by atoms with E-state index in [1.807, 2.05) is 5.48 Å². The van der Waals surface area contributed by atoms with Gasteiger partial charge in [0.25, 0.3) is 5.91 Å². The predicted molar refractivity (Wildman–Crippen MR) is 47.0 cm³/mol. The van der Waals surface area contributed by atoms with E-state index >= 15 is 0 Å². The van der Waals surface area contributed by atoms with E-state index in [1.54, 1.807) is 0 Å². The van der Waals surface area contributed by atoms with Crippen LogP contribution in [0.3, 0.4) is 0 Å². The zero-order valence-corrected chi connectivity index (χ0v) is 7.90. The molecule has 0 atom stereocenters. The van der Waals surface area contributed by atoms with E-state index in [2.05, 4.69) is 4.84 Å². The molecule has 0 aromatic carbocycles. The Bertz CT molecular complexity index is 144. The number of carbonyl (C=O) groups excluding carboxylic acids is 1. The average molecular weight is 208 g/mol. The number of hydrogen-bond donors (Lipinski definition) is 3. The Balaban J connectivity index is 3.07. The van der Waals surface area contributed by atoms with Crippen LogP contribution in [0.1, 0.15) is 0 Å². The first-order chi connectivity index (χ1) is 6.81. The van der Waals surface area contributed by atoms with Crippen molar-refractivity contribution < 1.29 is 24.2 Å². The Kier molecular flexibility index (Phi) is 9.81. The molecule has 0 aliphatic carbocycles. The molecule has 0 heterocycles. The summed E-state index contributed by atoms with van der Waals surface area (Å²) in [6, 6.07) is 0. The Morgan fingerprint density at radius 1 is 1.29 bits per heavy atom. The zero-order valence-electron chi connectivity index (χ0n) is 7.90. The van der Waals surface area contributed by atoms with Crippen LogP contribution in [0.5, 0.6) is 0 Å². The van der Waals surface area contributed by atoms with Gasteiger partial charge >= 0.3 is 0 Å². The van der Waals surface area contributed by atoms with Crippen molar-refractivity contribution in [2.45, 2.75) is 0 Å². The monoisotopic (exact) mass is 208 g/mol. The Labute approximate surface area is 82.1 Å². The quantitative estimate of drug-likeness (QED) is 0.229. The molecule has 0 rings (SSSR count). The number of hydroxylamine groups is 1. The van der Waals surface area contributed by atoms with Crippen LogP contribution < -0.4 is 11.2 Å². The van der Waals surface area contributed by atoms with Crippen LogP contribution in [0.2, 0.25) is 0 Å². The highest BCUT2D eigenvalue weighted by atomic mass is 16.7. The Morgan fingerprint density at radius 2 is 2.00 bits per heavy atom. The molecule has 0 aliphatic heterocycles. The number of hydrogen-bond acceptors (Lipinski definition) is 6. The smallest absolute Gasteiger partial charge is 0.269 e. The summed E-state index contributed by atoms with van der Waals surface area (Å²) in [7, 11) is 0. The third-order valence-corrected chi connectivity index (χ3v) is 1.12. The van der Waals surface area contributed by atoms with Gasteiger partial charge in [-0.05, 0) is 0 Å². The van der Waals surface area contributed by atoms with E-state index in [-0.39, 0.29) is 6.61 Å². The SMILES string of the molecule is NCCOCCOCC(=O)NOCO. The van der Waals surface area contributed by atoms with Gasteiger partial charge in [-0.15, -0.1) is 0 Å². The molecule has 0 fully saturated rings. The minimum absolute atomic E-state index is 0.133. The molecule has 7 heteroatoms. The number of nitrogens with two attached hydrogens (primary N) is 1. The topological polar surface area (TPSA) is 103 Å². The normalized spacial score (nSPS) is 10.1. The highest BCUT2D eigenvalue weighted by molar-refractivity contribution is 5.75. The van der Waals surface area contributed by atoms with Crippen molar-refractivity contribution >= 4 is 5.91 Å². The second-order valence-electron chi connectivity index (χ2n) is 2.25. The lowest BCUT2D eigenvalue weighted by Gasteiger charge is -2.05. The fraction of sp³-hybridized carbons (Fsp3) is 0.857. The summed E-state index contributed by atoms with van der Waals surface area (Å²) in [5, 5.41) is 8.17. The first-order valence-electron chi connectivity index (χ1n) is 4.18. The molecule has 0 spiro atoms. The van der Waals surface area contributed by atoms with Crippen molar-refractivity contribution in [2.75, 3.05) is 39.8 Å². The number of carbonyl (C=O) groups is 1. The van der Waals surface area contributed by atoms with E-state index in [0.717, 1.165) is 0 Å². The molecule has 0 saturated carbocycles. The fourth-order valence-electron chi connectivity index (χ4n) is 0.610. The van der Waals surface area contributed by atoms with Gasteiger partial charge in [-0.2, -0.15) is 0 Å². The second-order valence-corrected chi connectivity index (χ2v) is 2.25. The largest absolute Gasteiger partial charge is 0.378 e. The minimum atomic E-state index is -0.564. The lowest BCUT2D eigenvalue weighted by atomic mass is 10.6. The number of aliphatic hydroxyl groups excluding tert-OH is 1. The van der Waals surface area contributed by atoms with E-state index in [0.29, 0.717) is 26.4 Å². The van der Waals surface area contributed by atoms with Gasteiger partial charge in [-0.25, -0.2) is 10.3 Å². The standard InChI is InChI=1S/C7H16N2O5/c8-1-2-12-3-4-13-5-7(11)9-14-6-10/h10H,1-6,8H2,(H,9,11). The zero-order chi connectivity index (χ0) is 10.6. The maximum absolute atomic E-state index is 10.8. The molecule has 0 radical (unpaired) electrons. The summed E-state index contributed by atoms with van der Waals surface area (Å²) >= 11 is 0. The summed E-state index contributed by atoms with van der Waals surface area (Å²) in [6.07, 6.45) is 0. The Morgan fingerprint density at radius 3 is 2.64 bits per heavy atom. The van der Waals surface area contributed by atoms with Crippen molar-refractivity contribution in [3.63, 3.8) is 0 Å². The molecule has 7 nitrogen and oxygen atoms in total. The molecule has 0 bridgehead atoms. The molecule has 0 unspecified atom stereocenters. The molecule has 4 N–H and O–H groups in total.